The molecule has 0 aliphatic heterocycles. The van der Waals surface area contributed by atoms with Crippen LogP contribution in [0.25, 0.3) is 11.0 Å². The number of benzene rings is 1. The summed E-state index contributed by atoms with van der Waals surface area (Å²) in [5, 5.41) is 12.2. The molecular weight excluding hydrogens is 304 g/mol. The highest BCUT2D eigenvalue weighted by Crippen LogP contribution is 2.37. The first-order valence-electron chi connectivity index (χ1n) is 7.19. The summed E-state index contributed by atoms with van der Waals surface area (Å²) < 4.78 is 5.77. The summed E-state index contributed by atoms with van der Waals surface area (Å²) in [5.74, 6) is 0.589. The number of halogens is 1. The number of furan rings is 1. The lowest BCUT2D eigenvalue weighted by Crippen LogP contribution is -1.97. The average molecular weight is 319 g/mol. The van der Waals surface area contributed by atoms with Gasteiger partial charge >= 0.3 is 0 Å². The minimum atomic E-state index is -0.688. The van der Waals surface area contributed by atoms with Crippen molar-refractivity contribution in [3.63, 3.8) is 0 Å². The zero-order valence-corrected chi connectivity index (χ0v) is 13.0. The molecule has 21 heavy (non-hydrogen) atoms. The van der Waals surface area contributed by atoms with Crippen molar-refractivity contribution in [3.8, 4) is 0 Å². The number of rotatable bonds is 2. The topological polar surface area (TPSA) is 33.4 Å². The molecule has 4 rings (SSSR count). The van der Waals surface area contributed by atoms with Crippen LogP contribution in [0.2, 0.25) is 5.02 Å². The molecule has 0 saturated carbocycles. The number of fused-ring (bicyclic) bond motifs is 2. The fourth-order valence-corrected chi connectivity index (χ4v) is 4.39. The van der Waals surface area contributed by atoms with Crippen LogP contribution in [-0.2, 0) is 12.8 Å². The molecule has 3 aromatic rings. The summed E-state index contributed by atoms with van der Waals surface area (Å²) in [7, 11) is 0. The molecule has 0 saturated heterocycles. The van der Waals surface area contributed by atoms with Gasteiger partial charge in [0, 0.05) is 20.2 Å². The third-order valence-corrected chi connectivity index (χ3v) is 5.58. The molecule has 1 unspecified atom stereocenters. The molecule has 2 heterocycles. The number of thiophene rings is 1. The highest BCUT2D eigenvalue weighted by Gasteiger charge is 2.21. The smallest absolute Gasteiger partial charge is 0.146 e. The van der Waals surface area contributed by atoms with Crippen molar-refractivity contribution >= 4 is 33.9 Å². The third kappa shape index (κ3) is 2.39. The molecule has 2 nitrogen and oxygen atoms in total. The number of aliphatic hydroxyl groups excluding tert-OH is 1. The molecule has 4 heteroatoms. The van der Waals surface area contributed by atoms with E-state index in [0.717, 1.165) is 28.7 Å². The minimum absolute atomic E-state index is 0.589. The molecule has 108 valence electrons. The molecule has 0 radical (unpaired) electrons. The van der Waals surface area contributed by atoms with Crippen molar-refractivity contribution in [1.29, 1.82) is 0 Å². The van der Waals surface area contributed by atoms with E-state index in [1.807, 2.05) is 18.2 Å². The van der Waals surface area contributed by atoms with Gasteiger partial charge in [0.05, 0.1) is 0 Å². The maximum Gasteiger partial charge on any atom is 0.146 e. The van der Waals surface area contributed by atoms with Crippen molar-refractivity contribution in [3.05, 3.63) is 56.4 Å². The third-order valence-electron chi connectivity index (χ3n) is 4.05. The van der Waals surface area contributed by atoms with E-state index in [2.05, 4.69) is 6.07 Å². The predicted molar refractivity (Wildman–Crippen MR) is 86.2 cm³/mol. The van der Waals surface area contributed by atoms with Gasteiger partial charge in [0.25, 0.3) is 0 Å². The van der Waals surface area contributed by atoms with Gasteiger partial charge in [0.15, 0.2) is 0 Å². The summed E-state index contributed by atoms with van der Waals surface area (Å²) in [4.78, 5) is 2.40. The van der Waals surface area contributed by atoms with Crippen LogP contribution in [0, 0.1) is 0 Å². The Morgan fingerprint density at radius 2 is 2.00 bits per heavy atom. The van der Waals surface area contributed by atoms with Crippen LogP contribution in [0.3, 0.4) is 0 Å². The molecule has 1 aromatic carbocycles. The van der Waals surface area contributed by atoms with E-state index in [9.17, 15) is 5.11 Å². The lowest BCUT2D eigenvalue weighted by Gasteiger charge is -2.08. The first kappa shape index (κ1) is 13.4. The van der Waals surface area contributed by atoms with Crippen LogP contribution in [0.4, 0.5) is 0 Å². The normalized spacial score (nSPS) is 16.1. The van der Waals surface area contributed by atoms with Gasteiger partial charge in [-0.25, -0.2) is 0 Å². The first-order valence-corrected chi connectivity index (χ1v) is 8.39. The molecule has 1 aliphatic carbocycles. The SMILES string of the molecule is OC(c1cc2cc(Cl)ccc2o1)c1cc2c(s1)CCCC2. The maximum atomic E-state index is 10.6. The quantitative estimate of drug-likeness (QED) is 0.712. The minimum Gasteiger partial charge on any atom is -0.458 e. The van der Waals surface area contributed by atoms with Gasteiger partial charge in [-0.2, -0.15) is 0 Å². The Labute approximate surface area is 132 Å². The maximum absolute atomic E-state index is 10.6. The van der Waals surface area contributed by atoms with Gasteiger partial charge in [-0.05, 0) is 61.6 Å². The Bertz CT molecular complexity index is 779. The Kier molecular flexibility index (Phi) is 3.29. The van der Waals surface area contributed by atoms with Gasteiger partial charge in [0.2, 0.25) is 0 Å². The van der Waals surface area contributed by atoms with E-state index in [4.69, 9.17) is 16.0 Å². The Balaban J connectivity index is 1.71. The van der Waals surface area contributed by atoms with Crippen molar-refractivity contribution in [1.82, 2.24) is 0 Å². The number of hydrogen-bond acceptors (Lipinski definition) is 3. The van der Waals surface area contributed by atoms with Crippen molar-refractivity contribution in [2.45, 2.75) is 31.8 Å². The van der Waals surface area contributed by atoms with Crippen LogP contribution in [0.1, 0.15) is 40.0 Å². The largest absolute Gasteiger partial charge is 0.458 e. The van der Waals surface area contributed by atoms with Gasteiger partial charge in [-0.15, -0.1) is 11.3 Å². The van der Waals surface area contributed by atoms with Gasteiger partial charge in [-0.1, -0.05) is 11.6 Å². The lowest BCUT2D eigenvalue weighted by molar-refractivity contribution is 0.196. The Hall–Kier alpha value is -1.29. The molecule has 0 spiro atoms. The highest BCUT2D eigenvalue weighted by atomic mass is 35.5. The molecule has 0 amide bonds. The second kappa shape index (κ2) is 5.16. The number of aryl methyl sites for hydroxylation is 2. The first-order chi connectivity index (χ1) is 10.2. The van der Waals surface area contributed by atoms with Crippen LogP contribution in [0.15, 0.2) is 34.7 Å². The predicted octanol–water partition coefficient (Wildman–Crippen LogP) is 5.11. The summed E-state index contributed by atoms with van der Waals surface area (Å²) in [6.07, 6.45) is 4.09. The zero-order chi connectivity index (χ0) is 14.4. The van der Waals surface area contributed by atoms with Crippen LogP contribution in [0.5, 0.6) is 0 Å². The van der Waals surface area contributed by atoms with Crippen LogP contribution >= 0.6 is 22.9 Å². The number of aliphatic hydroxyl groups is 1. The molecule has 0 bridgehead atoms. The average Bonchev–Trinajstić information content (AvgIpc) is 3.09. The van der Waals surface area contributed by atoms with Gasteiger partial charge in [0.1, 0.15) is 17.4 Å². The second-order valence-electron chi connectivity index (χ2n) is 5.54. The molecule has 2 aromatic heterocycles. The van der Waals surface area contributed by atoms with Crippen LogP contribution in [-0.4, -0.2) is 5.11 Å². The van der Waals surface area contributed by atoms with Crippen molar-refractivity contribution in [2.75, 3.05) is 0 Å². The molecular formula is C17H15ClO2S. The van der Waals surface area contributed by atoms with Crippen molar-refractivity contribution in [2.24, 2.45) is 0 Å². The van der Waals surface area contributed by atoms with Crippen LogP contribution < -0.4 is 0 Å². The number of hydrogen-bond donors (Lipinski definition) is 1. The summed E-state index contributed by atoms with van der Waals surface area (Å²) in [6, 6.07) is 9.52. The standard InChI is InChI=1S/C17H15ClO2S/c18-12-5-6-13-11(7-12)8-14(20-13)17(19)16-9-10-3-1-2-4-15(10)21-16/h5-9,17,19H,1-4H2. The molecule has 1 N–H and O–H groups in total. The van der Waals surface area contributed by atoms with E-state index >= 15 is 0 Å². The van der Waals surface area contributed by atoms with Gasteiger partial charge < -0.3 is 9.52 Å². The fraction of sp³-hybridized carbons (Fsp3) is 0.294. The molecule has 1 aliphatic rings. The van der Waals surface area contributed by atoms with Crippen molar-refractivity contribution < 1.29 is 9.52 Å². The van der Waals surface area contributed by atoms with E-state index in [-0.39, 0.29) is 0 Å². The van der Waals surface area contributed by atoms with E-state index in [1.165, 1.54) is 23.3 Å². The Morgan fingerprint density at radius 3 is 2.86 bits per heavy atom. The van der Waals surface area contributed by atoms with Gasteiger partial charge in [-0.3, -0.25) is 0 Å². The van der Waals surface area contributed by atoms with E-state index < -0.39 is 6.10 Å². The summed E-state index contributed by atoms with van der Waals surface area (Å²) in [6.45, 7) is 0. The molecule has 1 atom stereocenters. The highest BCUT2D eigenvalue weighted by molar-refractivity contribution is 7.12. The summed E-state index contributed by atoms with van der Waals surface area (Å²) >= 11 is 7.71. The monoisotopic (exact) mass is 318 g/mol. The molecule has 0 fully saturated rings. The zero-order valence-electron chi connectivity index (χ0n) is 11.4. The Morgan fingerprint density at radius 1 is 1.14 bits per heavy atom. The fourth-order valence-electron chi connectivity index (χ4n) is 2.96. The van der Waals surface area contributed by atoms with E-state index in [0.29, 0.717) is 10.8 Å². The second-order valence-corrected chi connectivity index (χ2v) is 7.14. The summed E-state index contributed by atoms with van der Waals surface area (Å²) in [5.41, 5.74) is 2.16. The lowest BCUT2D eigenvalue weighted by atomic mass is 9.99. The van der Waals surface area contributed by atoms with E-state index in [1.54, 1.807) is 17.4 Å².